The lowest BCUT2D eigenvalue weighted by Gasteiger charge is -2.15. The molecule has 110 valence electrons. The molecule has 1 N–H and O–H groups in total. The fraction of sp³-hybridized carbons (Fsp3) is 0.235. The molecule has 1 atom stereocenters. The van der Waals surface area contributed by atoms with Crippen LogP contribution in [0, 0.1) is 0 Å². The van der Waals surface area contributed by atoms with Gasteiger partial charge in [-0.05, 0) is 42.7 Å². The molecule has 0 fully saturated rings. The molecule has 0 aromatic heterocycles. The normalized spacial score (nSPS) is 12.0. The van der Waals surface area contributed by atoms with Gasteiger partial charge in [0.1, 0.15) is 0 Å². The summed E-state index contributed by atoms with van der Waals surface area (Å²) >= 11 is 9.53. The minimum Gasteiger partial charge on any atom is -0.349 e. The number of rotatable bonds is 5. The Bertz CT molecular complexity index is 612. The number of hydrogen-bond acceptors (Lipinski definition) is 1. The first-order valence-corrected chi connectivity index (χ1v) is 8.29. The number of carbonyl (C=O) groups is 1. The maximum Gasteiger partial charge on any atom is 0.251 e. The largest absolute Gasteiger partial charge is 0.349 e. The maximum atomic E-state index is 12.2. The highest BCUT2D eigenvalue weighted by Gasteiger charge is 2.11. The van der Waals surface area contributed by atoms with E-state index in [1.54, 1.807) is 0 Å². The lowest BCUT2D eigenvalue weighted by molar-refractivity contribution is 0.0940. The van der Waals surface area contributed by atoms with Crippen LogP contribution in [0.5, 0.6) is 0 Å². The van der Waals surface area contributed by atoms with Crippen LogP contribution in [-0.4, -0.2) is 11.9 Å². The molecule has 1 amide bonds. The Morgan fingerprint density at radius 1 is 1.19 bits per heavy atom. The highest BCUT2D eigenvalue weighted by molar-refractivity contribution is 9.08. The molecule has 0 aliphatic carbocycles. The molecule has 0 aliphatic rings. The van der Waals surface area contributed by atoms with Crippen molar-refractivity contribution in [3.63, 3.8) is 0 Å². The molecule has 21 heavy (non-hydrogen) atoms. The number of amides is 1. The molecule has 0 saturated carbocycles. The van der Waals surface area contributed by atoms with E-state index in [1.807, 2.05) is 55.5 Å². The molecule has 0 bridgehead atoms. The second-order valence-electron chi connectivity index (χ2n) is 5.00. The second kappa shape index (κ2) is 7.62. The van der Waals surface area contributed by atoms with Crippen molar-refractivity contribution < 1.29 is 4.79 Å². The van der Waals surface area contributed by atoms with Gasteiger partial charge < -0.3 is 5.32 Å². The number of benzene rings is 2. The standard InChI is InChI=1S/C17H17BrClNO/c1-12(10-15-4-2-3-5-16(15)19)20-17(21)14-8-6-13(11-18)7-9-14/h2-9,12H,10-11H2,1H3,(H,20,21). The first-order valence-electron chi connectivity index (χ1n) is 6.79. The number of carbonyl (C=O) groups excluding carboxylic acids is 1. The summed E-state index contributed by atoms with van der Waals surface area (Å²) in [6.45, 7) is 1.98. The van der Waals surface area contributed by atoms with E-state index >= 15 is 0 Å². The lowest BCUT2D eigenvalue weighted by Crippen LogP contribution is -2.34. The minimum atomic E-state index is -0.0596. The van der Waals surface area contributed by atoms with Crippen molar-refractivity contribution in [2.45, 2.75) is 24.7 Å². The number of nitrogens with one attached hydrogen (secondary N) is 1. The van der Waals surface area contributed by atoms with E-state index in [-0.39, 0.29) is 11.9 Å². The third kappa shape index (κ3) is 4.58. The zero-order chi connectivity index (χ0) is 15.2. The molecule has 4 heteroatoms. The molecule has 2 rings (SSSR count). The van der Waals surface area contributed by atoms with E-state index in [0.29, 0.717) is 12.0 Å². The van der Waals surface area contributed by atoms with Gasteiger partial charge in [0.05, 0.1) is 0 Å². The number of alkyl halides is 1. The molecule has 1 unspecified atom stereocenters. The second-order valence-corrected chi connectivity index (χ2v) is 5.97. The third-order valence-corrected chi connectivity index (χ3v) is 4.25. The molecule has 0 aliphatic heterocycles. The van der Waals surface area contributed by atoms with Crippen molar-refractivity contribution in [2.75, 3.05) is 0 Å². The van der Waals surface area contributed by atoms with Crippen molar-refractivity contribution in [3.8, 4) is 0 Å². The van der Waals surface area contributed by atoms with Gasteiger partial charge in [0, 0.05) is 22.0 Å². The van der Waals surface area contributed by atoms with Crippen molar-refractivity contribution in [1.29, 1.82) is 0 Å². The van der Waals surface area contributed by atoms with Crippen LogP contribution in [0.15, 0.2) is 48.5 Å². The molecule has 0 heterocycles. The Morgan fingerprint density at radius 2 is 1.86 bits per heavy atom. The zero-order valence-electron chi connectivity index (χ0n) is 11.8. The Morgan fingerprint density at radius 3 is 2.48 bits per heavy atom. The number of halogens is 2. The summed E-state index contributed by atoms with van der Waals surface area (Å²) in [5, 5.41) is 4.53. The molecule has 0 saturated heterocycles. The average molecular weight is 367 g/mol. The first-order chi connectivity index (χ1) is 10.1. The fourth-order valence-electron chi connectivity index (χ4n) is 2.10. The van der Waals surface area contributed by atoms with Gasteiger partial charge in [0.2, 0.25) is 0 Å². The van der Waals surface area contributed by atoms with Gasteiger partial charge in [0.25, 0.3) is 5.91 Å². The van der Waals surface area contributed by atoms with E-state index in [1.165, 1.54) is 0 Å². The van der Waals surface area contributed by atoms with Crippen LogP contribution in [-0.2, 0) is 11.8 Å². The Hall–Kier alpha value is -1.32. The predicted molar refractivity (Wildman–Crippen MR) is 91.2 cm³/mol. The number of hydrogen-bond donors (Lipinski definition) is 1. The molecular formula is C17H17BrClNO. The Balaban J connectivity index is 1.97. The van der Waals surface area contributed by atoms with E-state index in [9.17, 15) is 4.79 Å². The molecule has 0 radical (unpaired) electrons. The van der Waals surface area contributed by atoms with Gasteiger partial charge in [-0.15, -0.1) is 0 Å². The molecule has 2 aromatic rings. The quantitative estimate of drug-likeness (QED) is 0.770. The van der Waals surface area contributed by atoms with Crippen LogP contribution < -0.4 is 5.32 Å². The monoisotopic (exact) mass is 365 g/mol. The summed E-state index contributed by atoms with van der Waals surface area (Å²) < 4.78 is 0. The lowest BCUT2D eigenvalue weighted by atomic mass is 10.1. The van der Waals surface area contributed by atoms with Gasteiger partial charge in [0.15, 0.2) is 0 Å². The van der Waals surface area contributed by atoms with E-state index in [2.05, 4.69) is 21.2 Å². The average Bonchev–Trinajstić information content (AvgIpc) is 2.49. The van der Waals surface area contributed by atoms with Gasteiger partial charge >= 0.3 is 0 Å². The summed E-state index contributed by atoms with van der Waals surface area (Å²) in [5.74, 6) is -0.0596. The van der Waals surface area contributed by atoms with Crippen molar-refractivity contribution in [2.24, 2.45) is 0 Å². The summed E-state index contributed by atoms with van der Waals surface area (Å²) in [6, 6.07) is 15.3. The Kier molecular flexibility index (Phi) is 5.83. The molecular weight excluding hydrogens is 350 g/mol. The van der Waals surface area contributed by atoms with Crippen molar-refractivity contribution in [3.05, 3.63) is 70.2 Å². The zero-order valence-corrected chi connectivity index (χ0v) is 14.1. The van der Waals surface area contributed by atoms with Gasteiger partial charge in [-0.3, -0.25) is 4.79 Å². The maximum absolute atomic E-state index is 12.2. The topological polar surface area (TPSA) is 29.1 Å². The summed E-state index contributed by atoms with van der Waals surface area (Å²) in [7, 11) is 0. The van der Waals surface area contributed by atoms with Crippen LogP contribution in [0.4, 0.5) is 0 Å². The van der Waals surface area contributed by atoms with E-state index in [4.69, 9.17) is 11.6 Å². The van der Waals surface area contributed by atoms with Crippen molar-refractivity contribution in [1.82, 2.24) is 5.32 Å². The van der Waals surface area contributed by atoms with Crippen LogP contribution in [0.3, 0.4) is 0 Å². The third-order valence-electron chi connectivity index (χ3n) is 3.23. The fourth-order valence-corrected chi connectivity index (χ4v) is 2.68. The van der Waals surface area contributed by atoms with Crippen LogP contribution in [0.2, 0.25) is 5.02 Å². The van der Waals surface area contributed by atoms with Gasteiger partial charge in [-0.2, -0.15) is 0 Å². The van der Waals surface area contributed by atoms with Crippen LogP contribution in [0.1, 0.15) is 28.4 Å². The van der Waals surface area contributed by atoms with Gasteiger partial charge in [-0.1, -0.05) is 57.9 Å². The Labute approximate surface area is 138 Å². The SMILES string of the molecule is CC(Cc1ccccc1Cl)NC(=O)c1ccc(CBr)cc1. The summed E-state index contributed by atoms with van der Waals surface area (Å²) in [6.07, 6.45) is 0.713. The summed E-state index contributed by atoms with van der Waals surface area (Å²) in [4.78, 5) is 12.2. The van der Waals surface area contributed by atoms with Crippen LogP contribution in [0.25, 0.3) is 0 Å². The highest BCUT2D eigenvalue weighted by atomic mass is 79.9. The molecule has 2 nitrogen and oxygen atoms in total. The van der Waals surface area contributed by atoms with Crippen LogP contribution >= 0.6 is 27.5 Å². The minimum absolute atomic E-state index is 0.0215. The predicted octanol–water partition coefficient (Wildman–Crippen LogP) is 4.60. The molecule has 2 aromatic carbocycles. The molecule has 0 spiro atoms. The van der Waals surface area contributed by atoms with Crippen molar-refractivity contribution >= 4 is 33.4 Å². The summed E-state index contributed by atoms with van der Waals surface area (Å²) in [5.41, 5.74) is 2.86. The van der Waals surface area contributed by atoms with E-state index in [0.717, 1.165) is 21.5 Å². The van der Waals surface area contributed by atoms with E-state index < -0.39 is 0 Å². The smallest absolute Gasteiger partial charge is 0.251 e. The van der Waals surface area contributed by atoms with Gasteiger partial charge in [-0.25, -0.2) is 0 Å². The first kappa shape index (κ1) is 16.1. The highest BCUT2D eigenvalue weighted by Crippen LogP contribution is 2.16.